The Labute approximate surface area is 167 Å². The third-order valence-corrected chi connectivity index (χ3v) is 5.44. The topological polar surface area (TPSA) is 43.6 Å². The van der Waals surface area contributed by atoms with Gasteiger partial charge >= 0.3 is 0 Å². The highest BCUT2D eigenvalue weighted by Gasteiger charge is 2.18. The zero-order chi connectivity index (χ0) is 18.6. The van der Waals surface area contributed by atoms with Gasteiger partial charge in [-0.25, -0.2) is 0 Å². The molecule has 0 N–H and O–H groups in total. The summed E-state index contributed by atoms with van der Waals surface area (Å²) in [5.41, 5.74) is 4.31. The van der Waals surface area contributed by atoms with Crippen molar-refractivity contribution in [1.29, 1.82) is 0 Å². The van der Waals surface area contributed by atoms with Crippen LogP contribution in [-0.2, 0) is 5.75 Å². The monoisotopic (exact) mass is 392 g/mol. The van der Waals surface area contributed by atoms with E-state index in [0.29, 0.717) is 5.02 Å². The van der Waals surface area contributed by atoms with Crippen LogP contribution in [0.25, 0.3) is 17.1 Å². The second kappa shape index (κ2) is 7.94. The number of rotatable bonds is 5. The van der Waals surface area contributed by atoms with E-state index in [9.17, 15) is 0 Å². The Morgan fingerprint density at radius 2 is 1.78 bits per heavy atom. The minimum atomic E-state index is 0.657. The molecule has 0 aliphatic rings. The van der Waals surface area contributed by atoms with E-state index in [1.807, 2.05) is 41.0 Å². The van der Waals surface area contributed by atoms with Crippen LogP contribution in [0.15, 0.2) is 78.2 Å². The maximum absolute atomic E-state index is 6.49. The smallest absolute Gasteiger partial charge is 0.196 e. The van der Waals surface area contributed by atoms with Gasteiger partial charge in [-0.05, 0) is 36.8 Å². The van der Waals surface area contributed by atoms with Crippen LogP contribution in [-0.4, -0.2) is 19.7 Å². The molecular formula is C21H17ClN4S. The van der Waals surface area contributed by atoms with Crippen LogP contribution in [0, 0.1) is 6.92 Å². The van der Waals surface area contributed by atoms with E-state index in [1.54, 1.807) is 24.2 Å². The molecule has 0 atom stereocenters. The van der Waals surface area contributed by atoms with Crippen LogP contribution in [0.5, 0.6) is 0 Å². The maximum atomic E-state index is 6.49. The summed E-state index contributed by atoms with van der Waals surface area (Å²) in [5, 5.41) is 10.3. The lowest BCUT2D eigenvalue weighted by Gasteiger charge is -2.12. The zero-order valence-electron chi connectivity index (χ0n) is 14.7. The number of nitrogens with zero attached hydrogens (tertiary/aromatic N) is 4. The fraction of sp³-hybridized carbons (Fsp3) is 0.0952. The molecule has 0 unspecified atom stereocenters. The molecule has 2 aromatic heterocycles. The number of benzene rings is 2. The first kappa shape index (κ1) is 17.8. The third-order valence-electron chi connectivity index (χ3n) is 4.12. The summed E-state index contributed by atoms with van der Waals surface area (Å²) in [5.74, 6) is 1.55. The first-order chi connectivity index (χ1) is 13.2. The van der Waals surface area contributed by atoms with Gasteiger partial charge in [-0.3, -0.25) is 9.55 Å². The Hall–Kier alpha value is -2.63. The highest BCUT2D eigenvalue weighted by Crippen LogP contribution is 2.32. The van der Waals surface area contributed by atoms with Gasteiger partial charge in [0.05, 0.1) is 10.7 Å². The summed E-state index contributed by atoms with van der Waals surface area (Å²) < 4.78 is 2.01. The van der Waals surface area contributed by atoms with Gasteiger partial charge in [-0.1, -0.05) is 65.3 Å². The quantitative estimate of drug-likeness (QED) is 0.415. The van der Waals surface area contributed by atoms with Gasteiger partial charge in [0.25, 0.3) is 0 Å². The first-order valence-corrected chi connectivity index (χ1v) is 9.88. The lowest BCUT2D eigenvalue weighted by atomic mass is 10.2. The SMILES string of the molecule is Cc1cccc(CSc2nnc(-c3ccncc3)n2-c2ccccc2Cl)c1. The summed E-state index contributed by atoms with van der Waals surface area (Å²) in [6.07, 6.45) is 3.50. The van der Waals surface area contributed by atoms with E-state index < -0.39 is 0 Å². The molecule has 0 saturated heterocycles. The predicted octanol–water partition coefficient (Wildman–Crippen LogP) is 5.58. The second-order valence-corrected chi connectivity index (χ2v) is 7.46. The average Bonchev–Trinajstić information content (AvgIpc) is 3.11. The molecule has 0 spiro atoms. The molecule has 0 radical (unpaired) electrons. The number of pyridine rings is 1. The zero-order valence-corrected chi connectivity index (χ0v) is 16.3. The molecule has 4 aromatic rings. The molecule has 0 aliphatic carbocycles. The minimum absolute atomic E-state index is 0.657. The number of hydrogen-bond acceptors (Lipinski definition) is 4. The summed E-state index contributed by atoms with van der Waals surface area (Å²) >= 11 is 8.13. The molecule has 27 heavy (non-hydrogen) atoms. The van der Waals surface area contributed by atoms with E-state index in [-0.39, 0.29) is 0 Å². The number of hydrogen-bond donors (Lipinski definition) is 0. The van der Waals surface area contributed by atoms with Crippen molar-refractivity contribution in [3.63, 3.8) is 0 Å². The van der Waals surface area contributed by atoms with Crippen LogP contribution in [0.3, 0.4) is 0 Å². The van der Waals surface area contributed by atoms with Crippen molar-refractivity contribution in [3.05, 3.63) is 89.2 Å². The van der Waals surface area contributed by atoms with E-state index in [0.717, 1.165) is 28.0 Å². The molecule has 2 heterocycles. The summed E-state index contributed by atoms with van der Waals surface area (Å²) in [7, 11) is 0. The number of aryl methyl sites for hydroxylation is 1. The maximum Gasteiger partial charge on any atom is 0.196 e. The summed E-state index contributed by atoms with van der Waals surface area (Å²) in [6, 6.07) is 20.1. The second-order valence-electron chi connectivity index (χ2n) is 6.11. The Balaban J connectivity index is 1.76. The van der Waals surface area contributed by atoms with Gasteiger partial charge in [-0.2, -0.15) is 0 Å². The lowest BCUT2D eigenvalue weighted by molar-refractivity contribution is 0.886. The van der Waals surface area contributed by atoms with Crippen LogP contribution >= 0.6 is 23.4 Å². The molecule has 6 heteroatoms. The van der Waals surface area contributed by atoms with Gasteiger partial charge in [0.15, 0.2) is 11.0 Å². The molecule has 4 nitrogen and oxygen atoms in total. The van der Waals surface area contributed by atoms with Gasteiger partial charge in [-0.15, -0.1) is 10.2 Å². The molecule has 0 aliphatic heterocycles. The van der Waals surface area contributed by atoms with Crippen molar-refractivity contribution < 1.29 is 0 Å². The van der Waals surface area contributed by atoms with Crippen molar-refractivity contribution in [2.45, 2.75) is 17.8 Å². The van der Waals surface area contributed by atoms with Crippen molar-refractivity contribution in [3.8, 4) is 17.1 Å². The van der Waals surface area contributed by atoms with E-state index in [2.05, 4.69) is 46.4 Å². The van der Waals surface area contributed by atoms with Crippen molar-refractivity contribution >= 4 is 23.4 Å². The highest BCUT2D eigenvalue weighted by atomic mass is 35.5. The molecule has 134 valence electrons. The summed E-state index contributed by atoms with van der Waals surface area (Å²) in [6.45, 7) is 2.10. The van der Waals surface area contributed by atoms with E-state index >= 15 is 0 Å². The summed E-state index contributed by atoms with van der Waals surface area (Å²) in [4.78, 5) is 4.09. The van der Waals surface area contributed by atoms with Crippen molar-refractivity contribution in [2.75, 3.05) is 0 Å². The number of aromatic nitrogens is 4. The fourth-order valence-corrected chi connectivity index (χ4v) is 3.96. The largest absolute Gasteiger partial charge is 0.268 e. The fourth-order valence-electron chi connectivity index (χ4n) is 2.85. The molecule has 0 saturated carbocycles. The first-order valence-electron chi connectivity index (χ1n) is 8.51. The van der Waals surface area contributed by atoms with E-state index in [1.165, 1.54) is 11.1 Å². The van der Waals surface area contributed by atoms with Crippen molar-refractivity contribution in [1.82, 2.24) is 19.7 Å². The van der Waals surface area contributed by atoms with Gasteiger partial charge < -0.3 is 0 Å². The Morgan fingerprint density at radius 1 is 0.963 bits per heavy atom. The van der Waals surface area contributed by atoms with Gasteiger partial charge in [0.2, 0.25) is 0 Å². The van der Waals surface area contributed by atoms with Crippen LogP contribution in [0.4, 0.5) is 0 Å². The van der Waals surface area contributed by atoms with Crippen LogP contribution < -0.4 is 0 Å². The Morgan fingerprint density at radius 3 is 2.56 bits per heavy atom. The van der Waals surface area contributed by atoms with Gasteiger partial charge in [0, 0.05) is 23.7 Å². The molecule has 4 rings (SSSR count). The predicted molar refractivity (Wildman–Crippen MR) is 110 cm³/mol. The molecule has 2 aromatic carbocycles. The lowest BCUT2D eigenvalue weighted by Crippen LogP contribution is -2.00. The number of thioether (sulfide) groups is 1. The third kappa shape index (κ3) is 3.89. The standard InChI is InChI=1S/C21H17ClN4S/c1-15-5-4-6-16(13-15)14-27-21-25-24-20(17-9-11-23-12-10-17)26(21)19-8-3-2-7-18(19)22/h2-13H,14H2,1H3. The van der Waals surface area contributed by atoms with Gasteiger partial charge in [0.1, 0.15) is 0 Å². The molecule has 0 amide bonds. The van der Waals surface area contributed by atoms with Crippen molar-refractivity contribution in [2.24, 2.45) is 0 Å². The number of halogens is 1. The highest BCUT2D eigenvalue weighted by molar-refractivity contribution is 7.98. The minimum Gasteiger partial charge on any atom is -0.268 e. The van der Waals surface area contributed by atoms with E-state index in [4.69, 9.17) is 11.6 Å². The Kier molecular flexibility index (Phi) is 5.23. The average molecular weight is 393 g/mol. The normalized spacial score (nSPS) is 10.9. The van der Waals surface area contributed by atoms with Crippen LogP contribution in [0.1, 0.15) is 11.1 Å². The molecule has 0 bridgehead atoms. The van der Waals surface area contributed by atoms with Crippen LogP contribution in [0.2, 0.25) is 5.02 Å². The molecule has 0 fully saturated rings. The Bertz CT molecular complexity index is 1060. The number of para-hydroxylation sites is 1. The molecular weight excluding hydrogens is 376 g/mol.